The van der Waals surface area contributed by atoms with Gasteiger partial charge in [0.25, 0.3) is 0 Å². The van der Waals surface area contributed by atoms with E-state index in [2.05, 4.69) is 10.1 Å². The third-order valence-electron chi connectivity index (χ3n) is 3.27. The second-order valence-electron chi connectivity index (χ2n) is 5.70. The van der Waals surface area contributed by atoms with Crippen molar-refractivity contribution in [2.45, 2.75) is 20.3 Å². The Morgan fingerprint density at radius 2 is 1.46 bits per heavy atom. The van der Waals surface area contributed by atoms with Crippen molar-refractivity contribution in [3.8, 4) is 0 Å². The van der Waals surface area contributed by atoms with Crippen molar-refractivity contribution in [2.24, 2.45) is 5.92 Å². The average Bonchev–Trinajstić information content (AvgIpc) is 2.87. The average molecular weight is 323 g/mol. The molecule has 1 saturated heterocycles. The summed E-state index contributed by atoms with van der Waals surface area (Å²) in [7, 11) is 0. The van der Waals surface area contributed by atoms with Crippen LogP contribution in [0.4, 0.5) is 11.4 Å². The van der Waals surface area contributed by atoms with Gasteiger partial charge in [-0.2, -0.15) is 0 Å². The molecule has 1 heterocycles. The van der Waals surface area contributed by atoms with Crippen molar-refractivity contribution in [1.82, 2.24) is 0 Å². The first-order valence-electron chi connectivity index (χ1n) is 7.81. The fourth-order valence-corrected chi connectivity index (χ4v) is 2.23. The third-order valence-corrected chi connectivity index (χ3v) is 3.27. The molecule has 1 N–H and O–H groups in total. The predicted molar refractivity (Wildman–Crippen MR) is 94.8 cm³/mol. The summed E-state index contributed by atoms with van der Waals surface area (Å²) in [5.74, 6) is -1.18. The van der Waals surface area contributed by atoms with Gasteiger partial charge < -0.3 is 10.1 Å². The molecule has 0 amide bonds. The van der Waals surface area contributed by atoms with Crippen molar-refractivity contribution in [1.29, 1.82) is 0 Å². The number of hydrogen-bond donors (Lipinski definition) is 1. The van der Waals surface area contributed by atoms with Crippen LogP contribution in [0.25, 0.3) is 0 Å². The Labute approximate surface area is 142 Å². The fourth-order valence-electron chi connectivity index (χ4n) is 2.23. The maximum atomic E-state index is 10.8. The number of anilines is 2. The summed E-state index contributed by atoms with van der Waals surface area (Å²) in [6.45, 7) is 3.77. The Morgan fingerprint density at radius 3 is 1.83 bits per heavy atom. The van der Waals surface area contributed by atoms with E-state index in [-0.39, 0.29) is 12.3 Å². The van der Waals surface area contributed by atoms with Gasteiger partial charge in [0.05, 0.1) is 12.3 Å². The Morgan fingerprint density at radius 1 is 0.958 bits per heavy atom. The van der Waals surface area contributed by atoms with Gasteiger partial charge >= 0.3 is 11.9 Å². The van der Waals surface area contributed by atoms with E-state index in [9.17, 15) is 9.59 Å². The first-order valence-corrected chi connectivity index (χ1v) is 7.81. The molecule has 1 aliphatic rings. The minimum absolute atomic E-state index is 0.198. The molecular weight excluding hydrogens is 302 g/mol. The highest BCUT2D eigenvalue weighted by molar-refractivity contribution is 5.95. The molecule has 1 aliphatic heterocycles. The molecule has 1 fully saturated rings. The van der Waals surface area contributed by atoms with Gasteiger partial charge in [-0.05, 0) is 38.1 Å². The molecule has 2 aromatic rings. The van der Waals surface area contributed by atoms with Crippen molar-refractivity contribution in [3.63, 3.8) is 0 Å². The molecule has 0 aromatic heterocycles. The van der Waals surface area contributed by atoms with Gasteiger partial charge in [0.2, 0.25) is 0 Å². The molecule has 24 heavy (non-hydrogen) atoms. The predicted octanol–water partition coefficient (Wildman–Crippen LogP) is 4.47. The van der Waals surface area contributed by atoms with E-state index >= 15 is 0 Å². The van der Waals surface area contributed by atoms with Crippen molar-refractivity contribution in [2.75, 3.05) is 5.32 Å². The highest BCUT2D eigenvalue weighted by Crippen LogP contribution is 2.18. The molecular formula is C20H21NO3. The number of esters is 2. The molecule has 3 rings (SSSR count). The fraction of sp³-hybridized carbons (Fsp3) is 0.200. The number of carbonyl (C=O) groups excluding carboxylic acids is 2. The van der Waals surface area contributed by atoms with Gasteiger partial charge in [-0.1, -0.05) is 48.0 Å². The summed E-state index contributed by atoms with van der Waals surface area (Å²) in [6.07, 6.45) is 1.96. The summed E-state index contributed by atoms with van der Waals surface area (Å²) in [5.41, 5.74) is 3.27. The van der Waals surface area contributed by atoms with Crippen LogP contribution in [-0.4, -0.2) is 11.9 Å². The smallest absolute Gasteiger partial charge is 0.321 e. The normalized spacial score (nSPS) is 15.8. The number of benzene rings is 2. The Bertz CT molecular complexity index is 667. The Balaban J connectivity index is 0.000000177. The highest BCUT2D eigenvalue weighted by atomic mass is 16.6. The lowest BCUT2D eigenvalue weighted by molar-refractivity contribution is -0.152. The van der Waals surface area contributed by atoms with Crippen LogP contribution >= 0.6 is 0 Å². The number of rotatable bonds is 3. The van der Waals surface area contributed by atoms with Crippen molar-refractivity contribution in [3.05, 3.63) is 72.3 Å². The Kier molecular flexibility index (Phi) is 6.32. The van der Waals surface area contributed by atoms with Crippen LogP contribution in [0, 0.1) is 5.92 Å². The van der Waals surface area contributed by atoms with Gasteiger partial charge in [-0.25, -0.2) is 0 Å². The van der Waals surface area contributed by atoms with Gasteiger partial charge in [0.1, 0.15) is 0 Å². The molecule has 2 aromatic carbocycles. The van der Waals surface area contributed by atoms with Crippen LogP contribution in [0.3, 0.4) is 0 Å². The number of cyclic esters (lactones) is 2. The SMILES string of the molecule is CC(C)=CC1CC(=O)OC1=O.c1ccc(Nc2ccccc2)cc1. The van der Waals surface area contributed by atoms with Crippen LogP contribution in [0.15, 0.2) is 72.3 Å². The summed E-state index contributed by atoms with van der Waals surface area (Å²) in [5, 5.41) is 3.30. The zero-order valence-corrected chi connectivity index (χ0v) is 13.9. The number of ether oxygens (including phenoxy) is 1. The number of allylic oxidation sites excluding steroid dienone is 1. The van der Waals surface area contributed by atoms with Crippen LogP contribution in [0.5, 0.6) is 0 Å². The third kappa shape index (κ3) is 5.72. The summed E-state index contributed by atoms with van der Waals surface area (Å²) in [4.78, 5) is 21.4. The van der Waals surface area contributed by atoms with Gasteiger partial charge in [0, 0.05) is 11.4 Å². The summed E-state index contributed by atoms with van der Waals surface area (Å²) >= 11 is 0. The second kappa shape index (κ2) is 8.67. The minimum Gasteiger partial charge on any atom is -0.393 e. The lowest BCUT2D eigenvalue weighted by Crippen LogP contribution is -2.04. The molecule has 124 valence electrons. The van der Waals surface area contributed by atoms with E-state index in [4.69, 9.17) is 0 Å². The lowest BCUT2D eigenvalue weighted by Gasteiger charge is -2.04. The van der Waals surface area contributed by atoms with Crippen LogP contribution < -0.4 is 5.32 Å². The Hall–Kier alpha value is -2.88. The van der Waals surface area contributed by atoms with E-state index in [0.717, 1.165) is 16.9 Å². The topological polar surface area (TPSA) is 55.4 Å². The molecule has 1 unspecified atom stereocenters. The first kappa shape index (κ1) is 17.5. The number of para-hydroxylation sites is 2. The van der Waals surface area contributed by atoms with E-state index in [1.165, 1.54) is 0 Å². The number of hydrogen-bond acceptors (Lipinski definition) is 4. The molecule has 0 radical (unpaired) electrons. The molecule has 4 nitrogen and oxygen atoms in total. The largest absolute Gasteiger partial charge is 0.393 e. The van der Waals surface area contributed by atoms with Crippen LogP contribution in [0.1, 0.15) is 20.3 Å². The van der Waals surface area contributed by atoms with E-state index in [1.54, 1.807) is 6.08 Å². The molecule has 4 heteroatoms. The van der Waals surface area contributed by atoms with E-state index in [0.29, 0.717) is 0 Å². The van der Waals surface area contributed by atoms with Gasteiger partial charge in [0.15, 0.2) is 0 Å². The first-order chi connectivity index (χ1) is 11.5. The maximum Gasteiger partial charge on any atom is 0.321 e. The quantitative estimate of drug-likeness (QED) is 0.514. The summed E-state index contributed by atoms with van der Waals surface area (Å²) < 4.78 is 4.35. The lowest BCUT2D eigenvalue weighted by atomic mass is 10.1. The van der Waals surface area contributed by atoms with Crippen molar-refractivity contribution >= 4 is 23.3 Å². The minimum atomic E-state index is -0.420. The summed E-state index contributed by atoms with van der Waals surface area (Å²) in [6, 6.07) is 20.3. The molecule has 0 spiro atoms. The van der Waals surface area contributed by atoms with Crippen molar-refractivity contribution < 1.29 is 14.3 Å². The number of carbonyl (C=O) groups is 2. The molecule has 0 saturated carbocycles. The maximum absolute atomic E-state index is 10.8. The second-order valence-corrected chi connectivity index (χ2v) is 5.70. The van der Waals surface area contributed by atoms with Gasteiger partial charge in [-0.3, -0.25) is 9.59 Å². The van der Waals surface area contributed by atoms with E-state index in [1.807, 2.05) is 74.5 Å². The van der Waals surface area contributed by atoms with E-state index < -0.39 is 11.9 Å². The standard InChI is InChI=1S/C12H11N.C8H10O3/c1-3-7-11(8-4-1)13-12-9-5-2-6-10-12;1-5(2)3-6-4-7(9)11-8(6)10/h1-10,13H;3,6H,4H2,1-2H3. The zero-order chi connectivity index (χ0) is 17.4. The highest BCUT2D eigenvalue weighted by Gasteiger charge is 2.31. The van der Waals surface area contributed by atoms with Crippen LogP contribution in [-0.2, 0) is 14.3 Å². The molecule has 0 bridgehead atoms. The molecule has 1 atom stereocenters. The molecule has 0 aliphatic carbocycles. The monoisotopic (exact) mass is 323 g/mol. The van der Waals surface area contributed by atoms with Crippen LogP contribution in [0.2, 0.25) is 0 Å². The number of nitrogens with one attached hydrogen (secondary N) is 1. The zero-order valence-electron chi connectivity index (χ0n) is 13.9. The van der Waals surface area contributed by atoms with Gasteiger partial charge in [-0.15, -0.1) is 0 Å².